The Morgan fingerprint density at radius 3 is 2.74 bits per heavy atom. The van der Waals surface area contributed by atoms with Gasteiger partial charge in [-0.15, -0.1) is 0 Å². The minimum atomic E-state index is -3.82. The van der Waals surface area contributed by atoms with Gasteiger partial charge >= 0.3 is 0 Å². The Morgan fingerprint density at radius 1 is 1.26 bits per heavy atom. The van der Waals surface area contributed by atoms with E-state index in [1.165, 1.54) is 18.2 Å². The van der Waals surface area contributed by atoms with Crippen molar-refractivity contribution < 1.29 is 13.2 Å². The maximum absolute atomic E-state index is 12.5. The van der Waals surface area contributed by atoms with Gasteiger partial charge in [0.1, 0.15) is 4.90 Å². The molecule has 5 nitrogen and oxygen atoms in total. The van der Waals surface area contributed by atoms with E-state index >= 15 is 0 Å². The van der Waals surface area contributed by atoms with Gasteiger partial charge in [-0.1, -0.05) is 23.2 Å². The fourth-order valence-corrected chi connectivity index (χ4v) is 3.97. The molecule has 1 N–H and O–H groups in total. The van der Waals surface area contributed by atoms with Gasteiger partial charge in [0.2, 0.25) is 15.9 Å². The average molecular weight is 323 g/mol. The molecule has 0 aliphatic carbocycles. The van der Waals surface area contributed by atoms with Gasteiger partial charge in [-0.05, 0) is 24.6 Å². The molecule has 1 aliphatic heterocycles. The number of rotatable bonds is 2. The SMILES string of the molecule is O=C1CN(S(=O)(=O)c2cc(Cl)ccc2Cl)CCCN1. The number of benzene rings is 1. The summed E-state index contributed by atoms with van der Waals surface area (Å²) in [5, 5.41) is 2.99. The van der Waals surface area contributed by atoms with Crippen molar-refractivity contribution in [2.24, 2.45) is 0 Å². The fourth-order valence-electron chi connectivity index (χ4n) is 1.80. The van der Waals surface area contributed by atoms with Gasteiger partial charge < -0.3 is 5.32 Å². The van der Waals surface area contributed by atoms with Crippen molar-refractivity contribution in [3.05, 3.63) is 28.2 Å². The molecular formula is C11H12Cl2N2O3S. The second-order valence-corrected chi connectivity index (χ2v) is 6.87. The molecule has 0 unspecified atom stereocenters. The third kappa shape index (κ3) is 3.20. The Hall–Kier alpha value is -0.820. The molecule has 0 atom stereocenters. The van der Waals surface area contributed by atoms with Crippen LogP contribution in [0.5, 0.6) is 0 Å². The second-order valence-electron chi connectivity index (χ2n) is 4.12. The Bertz CT molecular complexity index is 604. The van der Waals surface area contributed by atoms with Crippen molar-refractivity contribution in [2.45, 2.75) is 11.3 Å². The highest BCUT2D eigenvalue weighted by Crippen LogP contribution is 2.27. The summed E-state index contributed by atoms with van der Waals surface area (Å²) in [4.78, 5) is 11.4. The number of carbonyl (C=O) groups is 1. The van der Waals surface area contributed by atoms with Crippen LogP contribution < -0.4 is 5.32 Å². The van der Waals surface area contributed by atoms with Crippen molar-refractivity contribution in [3.63, 3.8) is 0 Å². The van der Waals surface area contributed by atoms with Gasteiger partial charge in [0.15, 0.2) is 0 Å². The third-order valence-electron chi connectivity index (χ3n) is 2.74. The molecule has 1 fully saturated rings. The van der Waals surface area contributed by atoms with E-state index in [2.05, 4.69) is 5.32 Å². The van der Waals surface area contributed by atoms with Gasteiger partial charge in [0.25, 0.3) is 0 Å². The molecule has 0 radical (unpaired) electrons. The lowest BCUT2D eigenvalue weighted by Crippen LogP contribution is -2.37. The Kier molecular flexibility index (Phi) is 4.35. The highest BCUT2D eigenvalue weighted by Gasteiger charge is 2.29. The predicted octanol–water partition coefficient (Wildman–Crippen LogP) is 1.50. The van der Waals surface area contributed by atoms with Crippen LogP contribution in [-0.4, -0.2) is 38.3 Å². The summed E-state index contributed by atoms with van der Waals surface area (Å²) in [6.07, 6.45) is 0.559. The van der Waals surface area contributed by atoms with Gasteiger partial charge in [-0.2, -0.15) is 4.31 Å². The molecule has 8 heteroatoms. The summed E-state index contributed by atoms with van der Waals surface area (Å²) in [6, 6.07) is 4.23. The van der Waals surface area contributed by atoms with Crippen LogP contribution >= 0.6 is 23.2 Å². The molecule has 1 heterocycles. The summed E-state index contributed by atoms with van der Waals surface area (Å²) < 4.78 is 26.0. The number of nitrogens with one attached hydrogen (secondary N) is 1. The van der Waals surface area contributed by atoms with Crippen molar-refractivity contribution >= 4 is 39.1 Å². The van der Waals surface area contributed by atoms with Crippen LogP contribution in [0.3, 0.4) is 0 Å². The molecule has 0 aromatic heterocycles. The number of amides is 1. The first-order valence-corrected chi connectivity index (χ1v) is 7.83. The second kappa shape index (κ2) is 5.66. The van der Waals surface area contributed by atoms with Crippen LogP contribution in [0.15, 0.2) is 23.1 Å². The van der Waals surface area contributed by atoms with Crippen LogP contribution in [0.25, 0.3) is 0 Å². The third-order valence-corrected chi connectivity index (χ3v) is 5.30. The largest absolute Gasteiger partial charge is 0.355 e. The van der Waals surface area contributed by atoms with Crippen LogP contribution in [0.1, 0.15) is 6.42 Å². The highest BCUT2D eigenvalue weighted by molar-refractivity contribution is 7.89. The summed E-state index contributed by atoms with van der Waals surface area (Å²) in [7, 11) is -3.82. The molecule has 104 valence electrons. The number of sulfonamides is 1. The molecule has 1 amide bonds. The first-order valence-electron chi connectivity index (χ1n) is 5.63. The van der Waals surface area contributed by atoms with Crippen LogP contribution in [0, 0.1) is 0 Å². The Labute approximate surface area is 121 Å². The first-order chi connectivity index (χ1) is 8.91. The van der Waals surface area contributed by atoms with E-state index in [0.29, 0.717) is 13.0 Å². The van der Waals surface area contributed by atoms with Gasteiger partial charge in [0.05, 0.1) is 11.6 Å². The minimum absolute atomic E-state index is 0.0728. The van der Waals surface area contributed by atoms with Crippen molar-refractivity contribution in [3.8, 4) is 0 Å². The average Bonchev–Trinajstić information content (AvgIpc) is 2.57. The summed E-state index contributed by atoms with van der Waals surface area (Å²) >= 11 is 11.7. The number of nitrogens with zero attached hydrogens (tertiary/aromatic N) is 1. The van der Waals surface area contributed by atoms with Gasteiger partial charge in [-0.25, -0.2) is 8.42 Å². The minimum Gasteiger partial charge on any atom is -0.355 e. The summed E-state index contributed by atoms with van der Waals surface area (Å²) in [5.41, 5.74) is 0. The molecule has 0 spiro atoms. The molecule has 1 aromatic carbocycles. The quantitative estimate of drug-likeness (QED) is 0.897. The lowest BCUT2D eigenvalue weighted by atomic mass is 10.4. The zero-order valence-electron chi connectivity index (χ0n) is 9.90. The van der Waals surface area contributed by atoms with Crippen LogP contribution in [0.4, 0.5) is 0 Å². The molecule has 19 heavy (non-hydrogen) atoms. The zero-order chi connectivity index (χ0) is 14.0. The molecule has 2 rings (SSSR count). The monoisotopic (exact) mass is 322 g/mol. The standard InChI is InChI=1S/C11H12Cl2N2O3S/c12-8-2-3-9(13)10(6-8)19(17,18)15-5-1-4-14-11(16)7-15/h2-3,6H,1,4-5,7H2,(H,14,16). The smallest absolute Gasteiger partial charge is 0.245 e. The van der Waals surface area contributed by atoms with E-state index in [1.54, 1.807) is 0 Å². The highest BCUT2D eigenvalue weighted by atomic mass is 35.5. The first kappa shape index (κ1) is 14.6. The lowest BCUT2D eigenvalue weighted by Gasteiger charge is -2.19. The van der Waals surface area contributed by atoms with E-state index in [1.807, 2.05) is 0 Å². The van der Waals surface area contributed by atoms with E-state index in [4.69, 9.17) is 23.2 Å². The van der Waals surface area contributed by atoms with Crippen LogP contribution in [-0.2, 0) is 14.8 Å². The lowest BCUT2D eigenvalue weighted by molar-refractivity contribution is -0.120. The maximum Gasteiger partial charge on any atom is 0.245 e. The van der Waals surface area contributed by atoms with Crippen molar-refractivity contribution in [2.75, 3.05) is 19.6 Å². The summed E-state index contributed by atoms with van der Waals surface area (Å²) in [6.45, 7) is 0.531. The number of carbonyl (C=O) groups excluding carboxylic acids is 1. The fraction of sp³-hybridized carbons (Fsp3) is 0.364. The molecule has 1 saturated heterocycles. The Balaban J connectivity index is 2.40. The van der Waals surface area contributed by atoms with Crippen LogP contribution in [0.2, 0.25) is 10.0 Å². The topological polar surface area (TPSA) is 66.5 Å². The molecule has 1 aromatic rings. The maximum atomic E-state index is 12.5. The van der Waals surface area contributed by atoms with E-state index < -0.39 is 10.0 Å². The molecule has 1 aliphatic rings. The molecule has 0 bridgehead atoms. The predicted molar refractivity (Wildman–Crippen MR) is 72.8 cm³/mol. The number of halogens is 2. The molecule has 0 saturated carbocycles. The number of hydrogen-bond donors (Lipinski definition) is 1. The van der Waals surface area contributed by atoms with E-state index in [-0.39, 0.29) is 33.9 Å². The van der Waals surface area contributed by atoms with Gasteiger partial charge in [0, 0.05) is 18.1 Å². The van der Waals surface area contributed by atoms with Crippen molar-refractivity contribution in [1.82, 2.24) is 9.62 Å². The van der Waals surface area contributed by atoms with Crippen molar-refractivity contribution in [1.29, 1.82) is 0 Å². The van der Waals surface area contributed by atoms with E-state index in [9.17, 15) is 13.2 Å². The number of hydrogen-bond acceptors (Lipinski definition) is 3. The normalized spacial score (nSPS) is 17.9. The Morgan fingerprint density at radius 2 is 2.00 bits per heavy atom. The summed E-state index contributed by atoms with van der Waals surface area (Å²) in [5.74, 6) is -0.320. The van der Waals surface area contributed by atoms with E-state index in [0.717, 1.165) is 4.31 Å². The van der Waals surface area contributed by atoms with Gasteiger partial charge in [-0.3, -0.25) is 4.79 Å². The zero-order valence-corrected chi connectivity index (χ0v) is 12.2. The molecular weight excluding hydrogens is 311 g/mol.